The van der Waals surface area contributed by atoms with E-state index in [-0.39, 0.29) is 12.5 Å². The second-order valence-electron chi connectivity index (χ2n) is 7.90. The Bertz CT molecular complexity index is 971. The van der Waals surface area contributed by atoms with Crippen LogP contribution in [0.3, 0.4) is 0 Å². The number of likely N-dealkylation sites (tertiary alicyclic amines) is 1. The number of rotatable bonds is 9. The molecule has 1 N–H and O–H groups in total. The number of anilines is 1. The van der Waals surface area contributed by atoms with Gasteiger partial charge in [0, 0.05) is 13.1 Å². The van der Waals surface area contributed by atoms with Crippen molar-refractivity contribution < 1.29 is 17.9 Å². The number of carbonyl (C=O) groups is 1. The van der Waals surface area contributed by atoms with Crippen LogP contribution in [0.25, 0.3) is 0 Å². The lowest BCUT2D eigenvalue weighted by molar-refractivity contribution is -0.119. The van der Waals surface area contributed by atoms with Crippen molar-refractivity contribution >= 4 is 21.6 Å². The van der Waals surface area contributed by atoms with E-state index in [1.807, 2.05) is 12.1 Å². The summed E-state index contributed by atoms with van der Waals surface area (Å²) in [7, 11) is -2.07. The maximum atomic E-state index is 12.5. The fraction of sp³-hybridized carbons (Fsp3) is 0.435. The molecule has 0 unspecified atom stereocenters. The van der Waals surface area contributed by atoms with Gasteiger partial charge >= 0.3 is 0 Å². The molecule has 1 amide bonds. The van der Waals surface area contributed by atoms with Crippen molar-refractivity contribution in [2.75, 3.05) is 37.3 Å². The van der Waals surface area contributed by atoms with Crippen LogP contribution < -0.4 is 14.4 Å². The van der Waals surface area contributed by atoms with Crippen LogP contribution in [-0.2, 0) is 27.9 Å². The second-order valence-corrected chi connectivity index (χ2v) is 9.81. The first-order valence-corrected chi connectivity index (χ1v) is 12.4. The van der Waals surface area contributed by atoms with Crippen LogP contribution in [0.1, 0.15) is 30.4 Å². The van der Waals surface area contributed by atoms with Crippen molar-refractivity contribution in [1.82, 2.24) is 10.2 Å². The number of hydrogen-bond donors (Lipinski definition) is 1. The Hall–Kier alpha value is -2.58. The van der Waals surface area contributed by atoms with Crippen LogP contribution in [0, 0.1) is 0 Å². The van der Waals surface area contributed by atoms with E-state index in [2.05, 4.69) is 22.3 Å². The first-order valence-electron chi connectivity index (χ1n) is 10.5. The molecule has 0 atom stereocenters. The number of hydrogen-bond acceptors (Lipinski definition) is 5. The third-order valence-electron chi connectivity index (χ3n) is 5.38. The van der Waals surface area contributed by atoms with Crippen molar-refractivity contribution in [3.05, 3.63) is 59.7 Å². The highest BCUT2D eigenvalue weighted by Gasteiger charge is 2.21. The summed E-state index contributed by atoms with van der Waals surface area (Å²) in [6.07, 6.45) is 4.90. The average molecular weight is 446 g/mol. The van der Waals surface area contributed by atoms with Crippen molar-refractivity contribution in [3.8, 4) is 5.75 Å². The third-order valence-corrected chi connectivity index (χ3v) is 6.52. The summed E-state index contributed by atoms with van der Waals surface area (Å²) in [5, 5.41) is 2.84. The Morgan fingerprint density at radius 3 is 2.39 bits per heavy atom. The fourth-order valence-corrected chi connectivity index (χ4v) is 4.61. The minimum absolute atomic E-state index is 0.279. The molecule has 2 aromatic rings. The average Bonchev–Trinajstić information content (AvgIpc) is 2.76. The van der Waals surface area contributed by atoms with E-state index >= 15 is 0 Å². The number of methoxy groups -OCH3 is 1. The molecule has 1 heterocycles. The number of ether oxygens (including phenoxy) is 1. The largest absolute Gasteiger partial charge is 0.497 e. The Balaban J connectivity index is 1.59. The molecule has 8 heteroatoms. The van der Waals surface area contributed by atoms with Gasteiger partial charge in [0.05, 0.1) is 19.1 Å². The van der Waals surface area contributed by atoms with E-state index in [9.17, 15) is 13.2 Å². The predicted octanol–water partition coefficient (Wildman–Crippen LogP) is 2.76. The van der Waals surface area contributed by atoms with E-state index in [1.54, 1.807) is 24.3 Å². The summed E-state index contributed by atoms with van der Waals surface area (Å²) < 4.78 is 30.7. The molecule has 1 aliphatic rings. The summed E-state index contributed by atoms with van der Waals surface area (Å²) in [6.45, 7) is 3.26. The normalized spacial score (nSPS) is 14.8. The van der Waals surface area contributed by atoms with Gasteiger partial charge in [0.2, 0.25) is 15.9 Å². The van der Waals surface area contributed by atoms with Crippen molar-refractivity contribution in [2.24, 2.45) is 0 Å². The lowest BCUT2D eigenvalue weighted by Gasteiger charge is -2.26. The zero-order valence-corrected chi connectivity index (χ0v) is 19.0. The molecule has 0 saturated carbocycles. The summed E-state index contributed by atoms with van der Waals surface area (Å²) in [4.78, 5) is 15.0. The molecule has 7 nitrogen and oxygen atoms in total. The number of nitrogens with one attached hydrogen (secondary N) is 1. The Morgan fingerprint density at radius 1 is 1.06 bits per heavy atom. The van der Waals surface area contributed by atoms with E-state index in [4.69, 9.17) is 4.74 Å². The van der Waals surface area contributed by atoms with Gasteiger partial charge in [-0.2, -0.15) is 0 Å². The molecule has 31 heavy (non-hydrogen) atoms. The Labute approximate surface area is 185 Å². The first-order chi connectivity index (χ1) is 14.8. The molecule has 0 spiro atoms. The zero-order valence-electron chi connectivity index (χ0n) is 18.2. The standard InChI is InChI=1S/C23H31N3O4S/c1-30-22-11-9-21(10-12-22)26(31(2,28)29)18-23(27)24-16-19-7-6-8-20(15-19)17-25-13-4-3-5-14-25/h6-12,15H,3-5,13-14,16-18H2,1-2H3,(H,24,27). The molecular weight excluding hydrogens is 414 g/mol. The molecule has 1 saturated heterocycles. The first kappa shape index (κ1) is 23.1. The molecule has 0 aliphatic carbocycles. The minimum Gasteiger partial charge on any atom is -0.497 e. The lowest BCUT2D eigenvalue weighted by Crippen LogP contribution is -2.40. The molecule has 0 bridgehead atoms. The SMILES string of the molecule is COc1ccc(N(CC(=O)NCc2cccc(CN3CCCCC3)c2)S(C)(=O)=O)cc1. The molecule has 1 fully saturated rings. The highest BCUT2D eigenvalue weighted by Crippen LogP contribution is 2.21. The lowest BCUT2D eigenvalue weighted by atomic mass is 10.1. The number of benzene rings is 2. The van der Waals surface area contributed by atoms with Crippen LogP contribution in [0.5, 0.6) is 5.75 Å². The van der Waals surface area contributed by atoms with Gasteiger partial charge in [0.1, 0.15) is 12.3 Å². The van der Waals surface area contributed by atoms with Crippen LogP contribution in [0.15, 0.2) is 48.5 Å². The molecular formula is C23H31N3O4S. The zero-order chi connectivity index (χ0) is 22.3. The highest BCUT2D eigenvalue weighted by molar-refractivity contribution is 7.92. The third kappa shape index (κ3) is 6.97. The van der Waals surface area contributed by atoms with Crippen LogP contribution in [0.4, 0.5) is 5.69 Å². The number of sulfonamides is 1. The van der Waals surface area contributed by atoms with E-state index in [1.165, 1.54) is 31.9 Å². The van der Waals surface area contributed by atoms with Crippen LogP contribution in [-0.4, -0.2) is 52.2 Å². The maximum absolute atomic E-state index is 12.5. The highest BCUT2D eigenvalue weighted by atomic mass is 32.2. The second kappa shape index (κ2) is 10.6. The van der Waals surface area contributed by atoms with Gasteiger partial charge < -0.3 is 10.1 Å². The number of amides is 1. The van der Waals surface area contributed by atoms with Gasteiger partial charge in [-0.15, -0.1) is 0 Å². The van der Waals surface area contributed by atoms with Gasteiger partial charge in [0.25, 0.3) is 0 Å². The molecule has 3 rings (SSSR count). The topological polar surface area (TPSA) is 79.0 Å². The van der Waals surface area contributed by atoms with Gasteiger partial charge in [-0.1, -0.05) is 30.7 Å². The molecule has 0 radical (unpaired) electrons. The number of nitrogens with zero attached hydrogens (tertiary/aromatic N) is 2. The van der Waals surface area contributed by atoms with Crippen molar-refractivity contribution in [1.29, 1.82) is 0 Å². The van der Waals surface area contributed by atoms with E-state index in [0.29, 0.717) is 18.0 Å². The molecule has 0 aromatic heterocycles. The van der Waals surface area contributed by atoms with Gasteiger partial charge in [-0.25, -0.2) is 8.42 Å². The number of piperidine rings is 1. The fourth-order valence-electron chi connectivity index (χ4n) is 3.75. The van der Waals surface area contributed by atoms with Gasteiger partial charge in [-0.3, -0.25) is 14.0 Å². The quantitative estimate of drug-likeness (QED) is 0.642. The Kier molecular flexibility index (Phi) is 7.92. The summed E-state index contributed by atoms with van der Waals surface area (Å²) >= 11 is 0. The summed E-state index contributed by atoms with van der Waals surface area (Å²) in [6, 6.07) is 14.8. The molecule has 1 aliphatic heterocycles. The van der Waals surface area contributed by atoms with Crippen molar-refractivity contribution in [3.63, 3.8) is 0 Å². The maximum Gasteiger partial charge on any atom is 0.241 e. The Morgan fingerprint density at radius 2 is 1.74 bits per heavy atom. The smallest absolute Gasteiger partial charge is 0.241 e. The van der Waals surface area contributed by atoms with Crippen molar-refractivity contribution in [2.45, 2.75) is 32.4 Å². The number of carbonyl (C=O) groups excluding carboxylic acids is 1. The van der Waals surface area contributed by atoms with Crippen LogP contribution in [0.2, 0.25) is 0 Å². The van der Waals surface area contributed by atoms with Gasteiger partial charge in [-0.05, 0) is 61.3 Å². The van der Waals surface area contributed by atoms with E-state index in [0.717, 1.165) is 35.8 Å². The minimum atomic E-state index is -3.61. The molecule has 168 valence electrons. The predicted molar refractivity (Wildman–Crippen MR) is 123 cm³/mol. The van der Waals surface area contributed by atoms with Crippen LogP contribution >= 0.6 is 0 Å². The summed E-state index contributed by atoms with van der Waals surface area (Å²) in [5.41, 5.74) is 2.64. The van der Waals surface area contributed by atoms with Gasteiger partial charge in [0.15, 0.2) is 0 Å². The molecule has 2 aromatic carbocycles. The van der Waals surface area contributed by atoms with E-state index < -0.39 is 10.0 Å². The monoisotopic (exact) mass is 445 g/mol. The summed E-state index contributed by atoms with van der Waals surface area (Å²) in [5.74, 6) is 0.258.